The van der Waals surface area contributed by atoms with Gasteiger partial charge in [-0.05, 0) is 39.0 Å². The first-order valence-electron chi connectivity index (χ1n) is 5.60. The molecule has 1 unspecified atom stereocenters. The summed E-state index contributed by atoms with van der Waals surface area (Å²) in [5.41, 5.74) is 4.91. The summed E-state index contributed by atoms with van der Waals surface area (Å²) in [4.78, 5) is 11.4. The smallest absolute Gasteiger partial charge is 0.325 e. The Balaban J connectivity index is 2.12. The molecule has 15 heavy (non-hydrogen) atoms. The molecule has 1 aliphatic carbocycles. The molecule has 1 rings (SSSR count). The molecule has 0 saturated heterocycles. The van der Waals surface area contributed by atoms with Crippen molar-refractivity contribution in [3.05, 3.63) is 0 Å². The lowest BCUT2D eigenvalue weighted by atomic mass is 10.0. The van der Waals surface area contributed by atoms with Gasteiger partial charge in [-0.2, -0.15) is 0 Å². The molecule has 1 aliphatic rings. The monoisotopic (exact) mass is 215 g/mol. The molecule has 0 spiro atoms. The van der Waals surface area contributed by atoms with Crippen LogP contribution in [0.25, 0.3) is 0 Å². The zero-order chi connectivity index (χ0) is 11.3. The van der Waals surface area contributed by atoms with Crippen molar-refractivity contribution < 1.29 is 14.3 Å². The Morgan fingerprint density at radius 1 is 1.53 bits per heavy atom. The Bertz CT molecular complexity index is 212. The quantitative estimate of drug-likeness (QED) is 0.510. The van der Waals surface area contributed by atoms with Crippen molar-refractivity contribution in [3.63, 3.8) is 0 Å². The number of nitrogens with two attached hydrogens (primary N) is 1. The van der Waals surface area contributed by atoms with Gasteiger partial charge in [-0.15, -0.1) is 0 Å². The minimum absolute atomic E-state index is 0.347. The van der Waals surface area contributed by atoms with E-state index in [2.05, 4.69) is 0 Å². The topological polar surface area (TPSA) is 61.5 Å². The highest BCUT2D eigenvalue weighted by atomic mass is 16.5. The predicted molar refractivity (Wildman–Crippen MR) is 57.4 cm³/mol. The summed E-state index contributed by atoms with van der Waals surface area (Å²) in [6, 6.07) is 0. The summed E-state index contributed by atoms with van der Waals surface area (Å²) in [5.74, 6) is 0.400. The number of esters is 1. The van der Waals surface area contributed by atoms with E-state index in [4.69, 9.17) is 15.2 Å². The second-order valence-electron chi connectivity index (χ2n) is 4.41. The summed E-state index contributed by atoms with van der Waals surface area (Å²) >= 11 is 0. The molecule has 0 aromatic heterocycles. The molecule has 0 amide bonds. The van der Waals surface area contributed by atoms with Crippen LogP contribution in [0.1, 0.15) is 33.1 Å². The average Bonchev–Trinajstić information content (AvgIpc) is 2.96. The molecular weight excluding hydrogens is 194 g/mol. The maximum Gasteiger partial charge on any atom is 0.325 e. The Morgan fingerprint density at radius 2 is 2.20 bits per heavy atom. The second-order valence-corrected chi connectivity index (χ2v) is 4.41. The molecule has 4 nitrogen and oxygen atoms in total. The van der Waals surface area contributed by atoms with Crippen LogP contribution in [0.15, 0.2) is 0 Å². The first kappa shape index (κ1) is 12.5. The van der Waals surface area contributed by atoms with Gasteiger partial charge in [-0.25, -0.2) is 0 Å². The maximum atomic E-state index is 11.4. The largest absolute Gasteiger partial charge is 0.465 e. The summed E-state index contributed by atoms with van der Waals surface area (Å²) in [6.45, 7) is 5.17. The highest BCUT2D eigenvalue weighted by Crippen LogP contribution is 2.28. The third-order valence-electron chi connectivity index (χ3n) is 2.56. The maximum absolute atomic E-state index is 11.4. The van der Waals surface area contributed by atoms with Crippen molar-refractivity contribution in [1.82, 2.24) is 0 Å². The van der Waals surface area contributed by atoms with Crippen molar-refractivity contribution >= 4 is 5.97 Å². The van der Waals surface area contributed by atoms with Crippen LogP contribution >= 0.6 is 0 Å². The Kier molecular flexibility index (Phi) is 4.54. The lowest BCUT2D eigenvalue weighted by Crippen LogP contribution is -2.47. The van der Waals surface area contributed by atoms with Gasteiger partial charge < -0.3 is 15.2 Å². The van der Waals surface area contributed by atoms with Gasteiger partial charge in [-0.3, -0.25) is 4.79 Å². The third kappa shape index (κ3) is 4.62. The van der Waals surface area contributed by atoms with Crippen LogP contribution in [0.2, 0.25) is 0 Å². The highest BCUT2D eigenvalue weighted by Gasteiger charge is 2.30. The lowest BCUT2D eigenvalue weighted by molar-refractivity contribution is -0.149. The summed E-state index contributed by atoms with van der Waals surface area (Å²) < 4.78 is 10.3. The Morgan fingerprint density at radius 3 is 2.73 bits per heavy atom. The molecule has 1 atom stereocenters. The van der Waals surface area contributed by atoms with Crippen molar-refractivity contribution in [2.24, 2.45) is 11.7 Å². The fourth-order valence-corrected chi connectivity index (χ4v) is 1.22. The first-order chi connectivity index (χ1) is 7.06. The molecule has 2 N–H and O–H groups in total. The van der Waals surface area contributed by atoms with Gasteiger partial charge in [0.15, 0.2) is 0 Å². The summed E-state index contributed by atoms with van der Waals surface area (Å²) in [7, 11) is 0. The molecule has 1 fully saturated rings. The van der Waals surface area contributed by atoms with Crippen LogP contribution in [0.5, 0.6) is 0 Å². The van der Waals surface area contributed by atoms with Crippen LogP contribution in [0.3, 0.4) is 0 Å². The normalized spacial score (nSPS) is 19.7. The lowest BCUT2D eigenvalue weighted by Gasteiger charge is -2.21. The minimum Gasteiger partial charge on any atom is -0.465 e. The number of rotatable bonds is 7. The number of hydrogen-bond donors (Lipinski definition) is 1. The average molecular weight is 215 g/mol. The van der Waals surface area contributed by atoms with Crippen LogP contribution in [0, 0.1) is 5.92 Å². The molecule has 0 aromatic rings. The van der Waals surface area contributed by atoms with E-state index in [1.165, 1.54) is 12.8 Å². The highest BCUT2D eigenvalue weighted by molar-refractivity contribution is 5.79. The summed E-state index contributed by atoms with van der Waals surface area (Å²) in [5, 5.41) is 0. The number of ether oxygens (including phenoxy) is 2. The molecule has 0 aromatic carbocycles. The van der Waals surface area contributed by atoms with Crippen LogP contribution in [-0.4, -0.2) is 31.3 Å². The van der Waals surface area contributed by atoms with Gasteiger partial charge in [0.2, 0.25) is 0 Å². The second kappa shape index (κ2) is 5.47. The van der Waals surface area contributed by atoms with E-state index in [1.807, 2.05) is 0 Å². The summed E-state index contributed by atoms with van der Waals surface area (Å²) in [6.07, 6.45) is 3.06. The fraction of sp³-hybridized carbons (Fsp3) is 0.909. The van der Waals surface area contributed by atoms with E-state index in [0.29, 0.717) is 19.6 Å². The zero-order valence-corrected chi connectivity index (χ0v) is 9.62. The fourth-order valence-electron chi connectivity index (χ4n) is 1.22. The van der Waals surface area contributed by atoms with Gasteiger partial charge in [0, 0.05) is 13.2 Å². The van der Waals surface area contributed by atoms with Gasteiger partial charge in [0.25, 0.3) is 0 Å². The molecule has 88 valence electrons. The third-order valence-corrected chi connectivity index (χ3v) is 2.56. The van der Waals surface area contributed by atoms with Crippen LogP contribution in [-0.2, 0) is 14.3 Å². The Hall–Kier alpha value is -0.610. The van der Waals surface area contributed by atoms with E-state index in [0.717, 1.165) is 12.5 Å². The van der Waals surface area contributed by atoms with E-state index in [9.17, 15) is 4.79 Å². The van der Waals surface area contributed by atoms with Crippen molar-refractivity contribution in [2.45, 2.75) is 38.6 Å². The van der Waals surface area contributed by atoms with Crippen molar-refractivity contribution in [3.8, 4) is 0 Å². The van der Waals surface area contributed by atoms with Gasteiger partial charge >= 0.3 is 5.97 Å². The van der Waals surface area contributed by atoms with Gasteiger partial charge in [0.05, 0.1) is 6.61 Å². The molecule has 4 heteroatoms. The van der Waals surface area contributed by atoms with E-state index in [1.54, 1.807) is 13.8 Å². The van der Waals surface area contributed by atoms with E-state index < -0.39 is 5.54 Å². The standard InChI is InChI=1S/C11H21NO3/c1-3-15-10(13)11(2,12)6-7-14-8-9-4-5-9/h9H,3-8,12H2,1-2H3. The van der Waals surface area contributed by atoms with E-state index >= 15 is 0 Å². The van der Waals surface area contributed by atoms with Crippen molar-refractivity contribution in [1.29, 1.82) is 0 Å². The molecule has 0 radical (unpaired) electrons. The minimum atomic E-state index is -0.917. The number of carbonyl (C=O) groups is 1. The van der Waals surface area contributed by atoms with Crippen LogP contribution in [0.4, 0.5) is 0 Å². The number of hydrogen-bond acceptors (Lipinski definition) is 4. The van der Waals surface area contributed by atoms with Crippen molar-refractivity contribution in [2.75, 3.05) is 19.8 Å². The zero-order valence-electron chi connectivity index (χ0n) is 9.62. The van der Waals surface area contributed by atoms with E-state index in [-0.39, 0.29) is 5.97 Å². The number of carbonyl (C=O) groups excluding carboxylic acids is 1. The van der Waals surface area contributed by atoms with Gasteiger partial charge in [-0.1, -0.05) is 0 Å². The molecule has 0 bridgehead atoms. The predicted octanol–water partition coefficient (Wildman–Crippen LogP) is 1.08. The van der Waals surface area contributed by atoms with Crippen LogP contribution < -0.4 is 5.73 Å². The molecule has 0 aliphatic heterocycles. The molecule has 1 saturated carbocycles. The Labute approximate surface area is 91.1 Å². The van der Waals surface area contributed by atoms with Gasteiger partial charge in [0.1, 0.15) is 5.54 Å². The molecule has 0 heterocycles. The SMILES string of the molecule is CCOC(=O)C(C)(N)CCOCC1CC1. The first-order valence-corrected chi connectivity index (χ1v) is 5.60. The molecular formula is C11H21NO3.